The SMILES string of the molecule is COC(=O)c1c(NC2C=C(C)C(C)=CC2C=O)ccc(C)c1C. The van der Waals surface area contributed by atoms with Gasteiger partial charge in [-0.25, -0.2) is 4.79 Å². The maximum Gasteiger partial charge on any atom is 0.340 e. The van der Waals surface area contributed by atoms with Gasteiger partial charge in [-0.3, -0.25) is 0 Å². The van der Waals surface area contributed by atoms with E-state index in [1.807, 2.05) is 52.0 Å². The summed E-state index contributed by atoms with van der Waals surface area (Å²) in [5.41, 5.74) is 5.35. The van der Waals surface area contributed by atoms with E-state index in [2.05, 4.69) is 5.32 Å². The number of rotatable bonds is 4. The lowest BCUT2D eigenvalue weighted by Gasteiger charge is -2.27. The first kappa shape index (κ1) is 17.0. The fourth-order valence-corrected chi connectivity index (χ4v) is 2.78. The first-order chi connectivity index (χ1) is 10.9. The van der Waals surface area contributed by atoms with Crippen molar-refractivity contribution in [3.63, 3.8) is 0 Å². The zero-order valence-corrected chi connectivity index (χ0v) is 14.3. The maximum absolute atomic E-state index is 12.2. The fraction of sp³-hybridized carbons (Fsp3) is 0.368. The molecule has 122 valence electrons. The van der Waals surface area contributed by atoms with Gasteiger partial charge in [-0.05, 0) is 44.9 Å². The smallest absolute Gasteiger partial charge is 0.340 e. The standard InChI is InChI=1S/C19H23NO3/c1-11-6-7-16(18(14(11)4)19(22)23-5)20-17-9-13(3)12(2)8-15(17)10-21/h6-10,15,17,20H,1-5H3. The number of benzene rings is 1. The first-order valence-electron chi connectivity index (χ1n) is 7.66. The molecule has 4 heteroatoms. The van der Waals surface area contributed by atoms with Crippen LogP contribution < -0.4 is 5.32 Å². The zero-order chi connectivity index (χ0) is 17.1. The summed E-state index contributed by atoms with van der Waals surface area (Å²) in [6, 6.07) is 3.65. The average molecular weight is 313 g/mol. The third-order valence-electron chi connectivity index (χ3n) is 4.51. The van der Waals surface area contributed by atoms with E-state index in [0.29, 0.717) is 11.3 Å². The Balaban J connectivity index is 2.42. The molecule has 0 aliphatic heterocycles. The maximum atomic E-state index is 12.2. The molecule has 0 heterocycles. The second-order valence-corrected chi connectivity index (χ2v) is 6.00. The normalized spacial score (nSPS) is 20.4. The lowest BCUT2D eigenvalue weighted by atomic mass is 9.88. The number of esters is 1. The predicted octanol–water partition coefficient (Wildman–Crippen LogP) is 3.59. The molecule has 1 aliphatic rings. The molecule has 1 aliphatic carbocycles. The van der Waals surface area contributed by atoms with Crippen molar-refractivity contribution in [3.05, 3.63) is 52.1 Å². The number of carbonyl (C=O) groups excluding carboxylic acids is 2. The van der Waals surface area contributed by atoms with Crippen LogP contribution in [0.3, 0.4) is 0 Å². The highest BCUT2D eigenvalue weighted by molar-refractivity contribution is 5.97. The van der Waals surface area contributed by atoms with Crippen LogP contribution in [-0.2, 0) is 9.53 Å². The molecular formula is C19H23NO3. The Bertz CT molecular complexity index is 701. The molecule has 0 radical (unpaired) electrons. The van der Waals surface area contributed by atoms with E-state index < -0.39 is 0 Å². The van der Waals surface area contributed by atoms with E-state index in [1.54, 1.807) is 0 Å². The lowest BCUT2D eigenvalue weighted by Crippen LogP contribution is -2.30. The Morgan fingerprint density at radius 1 is 1.13 bits per heavy atom. The van der Waals surface area contributed by atoms with Crippen molar-refractivity contribution >= 4 is 17.9 Å². The van der Waals surface area contributed by atoms with Gasteiger partial charge in [-0.2, -0.15) is 0 Å². The van der Waals surface area contributed by atoms with Crippen molar-refractivity contribution < 1.29 is 14.3 Å². The van der Waals surface area contributed by atoms with Gasteiger partial charge in [0.05, 0.1) is 24.6 Å². The molecule has 2 rings (SSSR count). The predicted molar refractivity (Wildman–Crippen MR) is 91.7 cm³/mol. The van der Waals surface area contributed by atoms with Crippen molar-refractivity contribution in [2.75, 3.05) is 12.4 Å². The van der Waals surface area contributed by atoms with Crippen LogP contribution in [0.4, 0.5) is 5.69 Å². The van der Waals surface area contributed by atoms with E-state index >= 15 is 0 Å². The number of anilines is 1. The summed E-state index contributed by atoms with van der Waals surface area (Å²) in [7, 11) is 1.37. The molecule has 0 fully saturated rings. The lowest BCUT2D eigenvalue weighted by molar-refractivity contribution is -0.110. The first-order valence-corrected chi connectivity index (χ1v) is 7.66. The quantitative estimate of drug-likeness (QED) is 0.682. The highest BCUT2D eigenvalue weighted by Crippen LogP contribution is 2.28. The van der Waals surface area contributed by atoms with Crippen LogP contribution in [0.1, 0.15) is 35.3 Å². The third-order valence-corrected chi connectivity index (χ3v) is 4.51. The van der Waals surface area contributed by atoms with E-state index in [9.17, 15) is 9.59 Å². The molecule has 0 aromatic heterocycles. The molecule has 0 amide bonds. The van der Waals surface area contributed by atoms with Gasteiger partial charge in [0.1, 0.15) is 6.29 Å². The monoisotopic (exact) mass is 313 g/mol. The summed E-state index contributed by atoms with van der Waals surface area (Å²) in [5.74, 6) is -0.634. The number of aryl methyl sites for hydroxylation is 1. The van der Waals surface area contributed by atoms with Crippen molar-refractivity contribution in [1.82, 2.24) is 0 Å². The second-order valence-electron chi connectivity index (χ2n) is 6.00. The topological polar surface area (TPSA) is 55.4 Å². The summed E-state index contributed by atoms with van der Waals surface area (Å²) in [5, 5.41) is 3.33. The number of methoxy groups -OCH3 is 1. The zero-order valence-electron chi connectivity index (χ0n) is 14.3. The van der Waals surface area contributed by atoms with Gasteiger partial charge >= 0.3 is 5.97 Å². The average Bonchev–Trinajstić information content (AvgIpc) is 2.53. The van der Waals surface area contributed by atoms with Gasteiger partial charge in [0, 0.05) is 5.69 Å². The number of ether oxygens (including phenoxy) is 1. The highest BCUT2D eigenvalue weighted by Gasteiger charge is 2.24. The van der Waals surface area contributed by atoms with Crippen LogP contribution in [0.2, 0.25) is 0 Å². The number of carbonyl (C=O) groups is 2. The van der Waals surface area contributed by atoms with Gasteiger partial charge < -0.3 is 14.8 Å². The van der Waals surface area contributed by atoms with Crippen molar-refractivity contribution in [2.45, 2.75) is 33.7 Å². The molecule has 0 saturated heterocycles. The summed E-state index contributed by atoms with van der Waals surface area (Å²) in [4.78, 5) is 23.6. The molecule has 1 N–H and O–H groups in total. The summed E-state index contributed by atoms with van der Waals surface area (Å²) in [6.45, 7) is 7.87. The molecule has 1 aromatic rings. The van der Waals surface area contributed by atoms with E-state index in [0.717, 1.165) is 28.6 Å². The summed E-state index contributed by atoms with van der Waals surface area (Å²) >= 11 is 0. The largest absolute Gasteiger partial charge is 0.465 e. The molecular weight excluding hydrogens is 290 g/mol. The fourth-order valence-electron chi connectivity index (χ4n) is 2.78. The van der Waals surface area contributed by atoms with Gasteiger partial charge in [-0.15, -0.1) is 0 Å². The van der Waals surface area contributed by atoms with Gasteiger partial charge in [-0.1, -0.05) is 29.4 Å². The number of hydrogen-bond donors (Lipinski definition) is 1. The number of hydrogen-bond acceptors (Lipinski definition) is 4. The minimum absolute atomic E-state index is 0.179. The van der Waals surface area contributed by atoms with Crippen molar-refractivity contribution in [2.24, 2.45) is 5.92 Å². The summed E-state index contributed by atoms with van der Waals surface area (Å²) < 4.78 is 4.92. The van der Waals surface area contributed by atoms with Gasteiger partial charge in [0.25, 0.3) is 0 Å². The van der Waals surface area contributed by atoms with Crippen LogP contribution in [0, 0.1) is 19.8 Å². The van der Waals surface area contributed by atoms with E-state index in [1.165, 1.54) is 7.11 Å². The highest BCUT2D eigenvalue weighted by atomic mass is 16.5. The molecule has 2 atom stereocenters. The van der Waals surface area contributed by atoms with Gasteiger partial charge in [0.15, 0.2) is 0 Å². The molecule has 23 heavy (non-hydrogen) atoms. The number of allylic oxidation sites excluding steroid dienone is 2. The second kappa shape index (κ2) is 6.82. The third kappa shape index (κ3) is 3.36. The van der Waals surface area contributed by atoms with Crippen LogP contribution in [0.5, 0.6) is 0 Å². The van der Waals surface area contributed by atoms with E-state index in [4.69, 9.17) is 4.74 Å². The van der Waals surface area contributed by atoms with Crippen LogP contribution in [0.25, 0.3) is 0 Å². The Hall–Kier alpha value is -2.36. The Morgan fingerprint density at radius 3 is 2.39 bits per heavy atom. The molecule has 0 spiro atoms. The van der Waals surface area contributed by atoms with Crippen molar-refractivity contribution in [3.8, 4) is 0 Å². The molecule has 1 aromatic carbocycles. The number of nitrogens with one attached hydrogen (secondary N) is 1. The molecule has 2 unspecified atom stereocenters. The van der Waals surface area contributed by atoms with Crippen LogP contribution in [-0.4, -0.2) is 25.4 Å². The van der Waals surface area contributed by atoms with E-state index in [-0.39, 0.29) is 17.9 Å². The van der Waals surface area contributed by atoms with Gasteiger partial charge in [0.2, 0.25) is 0 Å². The van der Waals surface area contributed by atoms with Crippen LogP contribution in [0.15, 0.2) is 35.4 Å². The Morgan fingerprint density at radius 2 is 1.78 bits per heavy atom. The number of aldehydes is 1. The minimum atomic E-state index is -0.375. The molecule has 0 saturated carbocycles. The molecule has 4 nitrogen and oxygen atoms in total. The Labute approximate surface area is 137 Å². The minimum Gasteiger partial charge on any atom is -0.465 e. The molecule has 0 bridgehead atoms. The van der Waals surface area contributed by atoms with Crippen LogP contribution >= 0.6 is 0 Å². The summed E-state index contributed by atoms with van der Waals surface area (Å²) in [6.07, 6.45) is 4.92. The Kier molecular flexibility index (Phi) is 5.04. The van der Waals surface area contributed by atoms with Crippen molar-refractivity contribution in [1.29, 1.82) is 0 Å².